The van der Waals surface area contributed by atoms with Crippen molar-refractivity contribution in [3.8, 4) is 0 Å². The van der Waals surface area contributed by atoms with Crippen molar-refractivity contribution >= 4 is 23.4 Å². The molecular weight excluding hydrogens is 178 g/mol. The molecule has 0 fully saturated rings. The molecule has 0 aliphatic heterocycles. The minimum absolute atomic E-state index is 0.412. The van der Waals surface area contributed by atoms with Crippen LogP contribution >= 0.6 is 11.6 Å². The predicted octanol–water partition coefficient (Wildman–Crippen LogP) is 2.74. The first-order valence-corrected chi connectivity index (χ1v) is 3.73. The number of aryl methyl sites for hydroxylation is 1. The normalized spacial score (nSPS) is 9.50. The van der Waals surface area contributed by atoms with E-state index < -0.39 is 6.09 Å². The molecule has 1 aromatic carbocycles. The minimum Gasteiger partial charge on any atom is -0.465 e. The van der Waals surface area contributed by atoms with E-state index in [1.807, 2.05) is 6.92 Å². The molecule has 0 saturated carbocycles. The zero-order chi connectivity index (χ0) is 9.14. The lowest BCUT2D eigenvalue weighted by Crippen LogP contribution is -2.07. The highest BCUT2D eigenvalue weighted by molar-refractivity contribution is 6.33. The molecule has 0 aliphatic rings. The monoisotopic (exact) mass is 185 g/mol. The number of amides is 1. The third kappa shape index (κ3) is 2.13. The Morgan fingerprint density at radius 3 is 2.75 bits per heavy atom. The number of carbonyl (C=O) groups is 1. The minimum atomic E-state index is -1.11. The van der Waals surface area contributed by atoms with Gasteiger partial charge in [-0.2, -0.15) is 0 Å². The summed E-state index contributed by atoms with van der Waals surface area (Å²) in [5.74, 6) is 0. The second-order valence-corrected chi connectivity index (χ2v) is 2.82. The molecule has 1 aromatic rings. The first-order chi connectivity index (χ1) is 5.59. The molecule has 4 heteroatoms. The van der Waals surface area contributed by atoms with Crippen LogP contribution in [0.3, 0.4) is 0 Å². The Hall–Kier alpha value is -1.22. The quantitative estimate of drug-likeness (QED) is 0.707. The maximum Gasteiger partial charge on any atom is 0.409 e. The van der Waals surface area contributed by atoms with E-state index in [1.165, 1.54) is 0 Å². The van der Waals surface area contributed by atoms with Crippen LogP contribution in [0.25, 0.3) is 0 Å². The van der Waals surface area contributed by atoms with Crippen molar-refractivity contribution in [2.24, 2.45) is 0 Å². The Balaban J connectivity index is 2.93. The van der Waals surface area contributed by atoms with Crippen LogP contribution in [0.5, 0.6) is 0 Å². The van der Waals surface area contributed by atoms with Crippen molar-refractivity contribution in [1.82, 2.24) is 0 Å². The standard InChI is InChI=1S/C8H8ClNO2/c1-5-2-3-7(6(9)4-5)10-8(11)12/h2-4,10H,1H3,(H,11,12). The summed E-state index contributed by atoms with van der Waals surface area (Å²) >= 11 is 5.75. The van der Waals surface area contributed by atoms with Crippen LogP contribution in [-0.2, 0) is 0 Å². The smallest absolute Gasteiger partial charge is 0.409 e. The van der Waals surface area contributed by atoms with E-state index in [9.17, 15) is 4.79 Å². The summed E-state index contributed by atoms with van der Waals surface area (Å²) < 4.78 is 0. The maximum atomic E-state index is 10.2. The van der Waals surface area contributed by atoms with Gasteiger partial charge in [0.15, 0.2) is 0 Å². The highest BCUT2D eigenvalue weighted by Gasteiger charge is 2.02. The van der Waals surface area contributed by atoms with Gasteiger partial charge in [0.25, 0.3) is 0 Å². The zero-order valence-electron chi connectivity index (χ0n) is 6.47. The lowest BCUT2D eigenvalue weighted by atomic mass is 10.2. The molecule has 64 valence electrons. The molecule has 0 atom stereocenters. The molecule has 0 unspecified atom stereocenters. The summed E-state index contributed by atoms with van der Waals surface area (Å²) in [5.41, 5.74) is 1.41. The van der Waals surface area contributed by atoms with Crippen LogP contribution in [0.2, 0.25) is 5.02 Å². The summed E-state index contributed by atoms with van der Waals surface area (Å²) in [6.07, 6.45) is -1.11. The van der Waals surface area contributed by atoms with E-state index in [2.05, 4.69) is 5.32 Å². The maximum absolute atomic E-state index is 10.2. The topological polar surface area (TPSA) is 49.3 Å². The number of hydrogen-bond acceptors (Lipinski definition) is 1. The van der Waals surface area contributed by atoms with E-state index in [0.717, 1.165) is 5.56 Å². The van der Waals surface area contributed by atoms with Crippen molar-refractivity contribution < 1.29 is 9.90 Å². The third-order valence-electron chi connectivity index (χ3n) is 1.37. The molecule has 2 N–H and O–H groups in total. The average molecular weight is 186 g/mol. The Bertz CT molecular complexity index is 312. The number of carboxylic acid groups (broad SMARTS) is 1. The van der Waals surface area contributed by atoms with Gasteiger partial charge in [-0.3, -0.25) is 5.32 Å². The van der Waals surface area contributed by atoms with Gasteiger partial charge in [0, 0.05) is 0 Å². The van der Waals surface area contributed by atoms with E-state index in [1.54, 1.807) is 18.2 Å². The van der Waals surface area contributed by atoms with Crippen molar-refractivity contribution in [2.45, 2.75) is 6.92 Å². The van der Waals surface area contributed by atoms with Crippen LogP contribution in [-0.4, -0.2) is 11.2 Å². The van der Waals surface area contributed by atoms with Gasteiger partial charge >= 0.3 is 6.09 Å². The van der Waals surface area contributed by atoms with Gasteiger partial charge in [-0.05, 0) is 24.6 Å². The lowest BCUT2D eigenvalue weighted by molar-refractivity contribution is 0.210. The number of nitrogens with one attached hydrogen (secondary N) is 1. The fourth-order valence-electron chi connectivity index (χ4n) is 0.837. The second-order valence-electron chi connectivity index (χ2n) is 2.41. The number of benzene rings is 1. The number of halogens is 1. The van der Waals surface area contributed by atoms with Gasteiger partial charge < -0.3 is 5.11 Å². The molecule has 0 aromatic heterocycles. The van der Waals surface area contributed by atoms with Gasteiger partial charge in [-0.15, -0.1) is 0 Å². The Kier molecular flexibility index (Phi) is 2.55. The first-order valence-electron chi connectivity index (χ1n) is 3.35. The fraction of sp³-hybridized carbons (Fsp3) is 0.125. The van der Waals surface area contributed by atoms with Gasteiger partial charge in [0.2, 0.25) is 0 Å². The Morgan fingerprint density at radius 2 is 2.25 bits per heavy atom. The van der Waals surface area contributed by atoms with Crippen molar-refractivity contribution in [1.29, 1.82) is 0 Å². The van der Waals surface area contributed by atoms with E-state index in [0.29, 0.717) is 10.7 Å². The molecule has 0 bridgehead atoms. The SMILES string of the molecule is Cc1ccc(NC(=O)O)c(Cl)c1. The molecule has 12 heavy (non-hydrogen) atoms. The highest BCUT2D eigenvalue weighted by atomic mass is 35.5. The average Bonchev–Trinajstić information content (AvgIpc) is 1.94. The summed E-state index contributed by atoms with van der Waals surface area (Å²) in [6.45, 7) is 1.89. The van der Waals surface area contributed by atoms with Crippen LogP contribution in [0.15, 0.2) is 18.2 Å². The van der Waals surface area contributed by atoms with E-state index in [-0.39, 0.29) is 0 Å². The fourth-order valence-corrected chi connectivity index (χ4v) is 1.12. The largest absolute Gasteiger partial charge is 0.465 e. The van der Waals surface area contributed by atoms with Gasteiger partial charge in [0.1, 0.15) is 0 Å². The Morgan fingerprint density at radius 1 is 1.58 bits per heavy atom. The third-order valence-corrected chi connectivity index (χ3v) is 1.68. The molecule has 0 spiro atoms. The molecule has 3 nitrogen and oxygen atoms in total. The Labute approximate surface area is 75.0 Å². The number of anilines is 1. The molecule has 0 saturated heterocycles. The van der Waals surface area contributed by atoms with Crippen LogP contribution in [0, 0.1) is 6.92 Å². The van der Waals surface area contributed by atoms with Crippen molar-refractivity contribution in [2.75, 3.05) is 5.32 Å². The molecule has 0 aliphatic carbocycles. The number of hydrogen-bond donors (Lipinski definition) is 2. The molecule has 0 radical (unpaired) electrons. The van der Waals surface area contributed by atoms with Crippen molar-refractivity contribution in [3.63, 3.8) is 0 Å². The summed E-state index contributed by atoms with van der Waals surface area (Å²) in [7, 11) is 0. The first kappa shape index (κ1) is 8.87. The predicted molar refractivity (Wildman–Crippen MR) is 47.8 cm³/mol. The molecule has 1 amide bonds. The van der Waals surface area contributed by atoms with Gasteiger partial charge in [-0.25, -0.2) is 4.79 Å². The van der Waals surface area contributed by atoms with E-state index >= 15 is 0 Å². The van der Waals surface area contributed by atoms with Gasteiger partial charge in [0.05, 0.1) is 10.7 Å². The van der Waals surface area contributed by atoms with Crippen molar-refractivity contribution in [3.05, 3.63) is 28.8 Å². The van der Waals surface area contributed by atoms with Crippen LogP contribution in [0.1, 0.15) is 5.56 Å². The zero-order valence-corrected chi connectivity index (χ0v) is 7.22. The molecule has 1 rings (SSSR count). The second kappa shape index (κ2) is 3.45. The summed E-state index contributed by atoms with van der Waals surface area (Å²) in [5, 5.41) is 11.0. The lowest BCUT2D eigenvalue weighted by Gasteiger charge is -2.03. The van der Waals surface area contributed by atoms with Gasteiger partial charge in [-0.1, -0.05) is 17.7 Å². The molecule has 0 heterocycles. The van der Waals surface area contributed by atoms with Crippen LogP contribution in [0.4, 0.5) is 10.5 Å². The molecular formula is C8H8ClNO2. The number of rotatable bonds is 1. The summed E-state index contributed by atoms with van der Waals surface area (Å²) in [6, 6.07) is 5.12. The summed E-state index contributed by atoms with van der Waals surface area (Å²) in [4.78, 5) is 10.2. The van der Waals surface area contributed by atoms with Crippen LogP contribution < -0.4 is 5.32 Å². The van der Waals surface area contributed by atoms with E-state index in [4.69, 9.17) is 16.7 Å². The highest BCUT2D eigenvalue weighted by Crippen LogP contribution is 2.22.